The van der Waals surface area contributed by atoms with Crippen molar-refractivity contribution < 1.29 is 18.7 Å². The van der Waals surface area contributed by atoms with Gasteiger partial charge in [0.1, 0.15) is 12.4 Å². The van der Waals surface area contributed by atoms with Crippen LogP contribution >= 0.6 is 0 Å². The molecule has 0 bridgehead atoms. The highest BCUT2D eigenvalue weighted by Crippen LogP contribution is 2.27. The molecular weight excluding hydrogens is 342 g/mol. The molecule has 0 unspecified atom stereocenters. The minimum Gasteiger partial charge on any atom is -0.493 e. The first-order valence-corrected chi connectivity index (χ1v) is 8.95. The van der Waals surface area contributed by atoms with Gasteiger partial charge in [0.05, 0.1) is 7.11 Å². The summed E-state index contributed by atoms with van der Waals surface area (Å²) in [4.78, 5) is 14.6. The number of hydrogen-bond acceptors (Lipinski definition) is 4. The number of nitrogens with zero attached hydrogens (tertiary/aromatic N) is 1. The van der Waals surface area contributed by atoms with Crippen molar-refractivity contribution >= 4 is 5.91 Å². The Balaban J connectivity index is 1.41. The standard InChI is InChI=1S/C22H21NO4/c1-25-19-8-4-5-9-20(19)26-15-18-10-11-21(27-18)22(24)23-13-12-16-6-2-3-7-17(16)14-23/h2-11H,12-15H2,1H3. The van der Waals surface area contributed by atoms with Crippen molar-refractivity contribution in [2.45, 2.75) is 19.6 Å². The van der Waals surface area contributed by atoms with Crippen LogP contribution in [-0.2, 0) is 19.6 Å². The number of hydrogen-bond donors (Lipinski definition) is 0. The molecule has 4 rings (SSSR count). The van der Waals surface area contributed by atoms with E-state index in [1.807, 2.05) is 41.3 Å². The maximum atomic E-state index is 12.8. The van der Waals surface area contributed by atoms with E-state index in [4.69, 9.17) is 13.9 Å². The Kier molecular flexibility index (Phi) is 4.83. The van der Waals surface area contributed by atoms with Crippen LogP contribution in [0.25, 0.3) is 0 Å². The topological polar surface area (TPSA) is 51.9 Å². The van der Waals surface area contributed by atoms with Crippen molar-refractivity contribution in [3.05, 3.63) is 83.3 Å². The van der Waals surface area contributed by atoms with Crippen molar-refractivity contribution in [1.82, 2.24) is 4.90 Å². The summed E-state index contributed by atoms with van der Waals surface area (Å²) in [5.41, 5.74) is 2.51. The number of methoxy groups -OCH3 is 1. The van der Waals surface area contributed by atoms with E-state index in [0.29, 0.717) is 36.1 Å². The second-order valence-corrected chi connectivity index (χ2v) is 6.45. The first-order chi connectivity index (χ1) is 13.2. The van der Waals surface area contributed by atoms with Crippen molar-refractivity contribution in [2.24, 2.45) is 0 Å². The summed E-state index contributed by atoms with van der Waals surface area (Å²) >= 11 is 0. The fourth-order valence-corrected chi connectivity index (χ4v) is 3.28. The molecule has 0 saturated carbocycles. The lowest BCUT2D eigenvalue weighted by Gasteiger charge is -2.28. The van der Waals surface area contributed by atoms with E-state index in [1.54, 1.807) is 19.2 Å². The van der Waals surface area contributed by atoms with Gasteiger partial charge in [-0.25, -0.2) is 0 Å². The van der Waals surface area contributed by atoms with Crippen LogP contribution in [0, 0.1) is 0 Å². The van der Waals surface area contributed by atoms with Gasteiger partial charge in [-0.15, -0.1) is 0 Å². The van der Waals surface area contributed by atoms with E-state index < -0.39 is 0 Å². The van der Waals surface area contributed by atoms with Crippen LogP contribution < -0.4 is 9.47 Å². The maximum absolute atomic E-state index is 12.8. The molecular formula is C22H21NO4. The van der Waals surface area contributed by atoms with E-state index in [9.17, 15) is 4.79 Å². The predicted molar refractivity (Wildman–Crippen MR) is 101 cm³/mol. The first kappa shape index (κ1) is 17.2. The number of carbonyl (C=O) groups is 1. The van der Waals surface area contributed by atoms with Gasteiger partial charge in [0.25, 0.3) is 5.91 Å². The lowest BCUT2D eigenvalue weighted by atomic mass is 10.00. The summed E-state index contributed by atoms with van der Waals surface area (Å²) in [5, 5.41) is 0. The molecule has 1 amide bonds. The van der Waals surface area contributed by atoms with Gasteiger partial charge in [-0.05, 0) is 41.8 Å². The van der Waals surface area contributed by atoms with Crippen molar-refractivity contribution in [2.75, 3.05) is 13.7 Å². The zero-order valence-corrected chi connectivity index (χ0v) is 15.2. The summed E-state index contributed by atoms with van der Waals surface area (Å²) < 4.78 is 16.7. The van der Waals surface area contributed by atoms with Gasteiger partial charge in [-0.2, -0.15) is 0 Å². The molecule has 5 nitrogen and oxygen atoms in total. The van der Waals surface area contributed by atoms with E-state index >= 15 is 0 Å². The number of ether oxygens (including phenoxy) is 2. The normalized spacial score (nSPS) is 13.1. The largest absolute Gasteiger partial charge is 0.493 e. The Bertz CT molecular complexity index is 947. The van der Waals surface area contributed by atoms with Crippen molar-refractivity contribution in [3.63, 3.8) is 0 Å². The molecule has 0 spiro atoms. The molecule has 2 heterocycles. The Morgan fingerprint density at radius 2 is 1.74 bits per heavy atom. The second-order valence-electron chi connectivity index (χ2n) is 6.45. The van der Waals surface area contributed by atoms with Gasteiger partial charge in [0.15, 0.2) is 17.3 Å². The maximum Gasteiger partial charge on any atom is 0.289 e. The Morgan fingerprint density at radius 1 is 1.00 bits per heavy atom. The summed E-state index contributed by atoms with van der Waals surface area (Å²) in [7, 11) is 1.60. The van der Waals surface area contributed by atoms with Gasteiger partial charge in [0.2, 0.25) is 0 Å². The molecule has 138 valence electrons. The highest BCUT2D eigenvalue weighted by molar-refractivity contribution is 5.91. The minimum atomic E-state index is -0.0898. The van der Waals surface area contributed by atoms with Gasteiger partial charge < -0.3 is 18.8 Å². The lowest BCUT2D eigenvalue weighted by Crippen LogP contribution is -2.35. The number of furan rings is 1. The van der Waals surface area contributed by atoms with E-state index in [2.05, 4.69) is 12.1 Å². The Hall–Kier alpha value is -3.21. The summed E-state index contributed by atoms with van der Waals surface area (Å²) in [5.74, 6) is 2.15. The third-order valence-corrected chi connectivity index (χ3v) is 4.73. The highest BCUT2D eigenvalue weighted by Gasteiger charge is 2.23. The number of carbonyl (C=O) groups excluding carboxylic acids is 1. The molecule has 0 aliphatic carbocycles. The van der Waals surface area contributed by atoms with Gasteiger partial charge in [-0.1, -0.05) is 36.4 Å². The van der Waals surface area contributed by atoms with Gasteiger partial charge in [0, 0.05) is 13.1 Å². The molecule has 1 aliphatic rings. The minimum absolute atomic E-state index is 0.0898. The van der Waals surface area contributed by atoms with Crippen LogP contribution in [0.1, 0.15) is 27.4 Å². The molecule has 1 aliphatic heterocycles. The lowest BCUT2D eigenvalue weighted by molar-refractivity contribution is 0.0698. The second kappa shape index (κ2) is 7.58. The monoisotopic (exact) mass is 363 g/mol. The van der Waals surface area contributed by atoms with E-state index in [-0.39, 0.29) is 12.5 Å². The Labute approximate surface area is 158 Å². The predicted octanol–water partition coefficient (Wildman–Crippen LogP) is 4.07. The average Bonchev–Trinajstić information content (AvgIpc) is 3.20. The third-order valence-electron chi connectivity index (χ3n) is 4.73. The SMILES string of the molecule is COc1ccccc1OCc1ccc(C(=O)N2CCc3ccccc3C2)o1. The number of benzene rings is 2. The summed E-state index contributed by atoms with van der Waals surface area (Å²) in [6.45, 7) is 1.54. The first-order valence-electron chi connectivity index (χ1n) is 8.95. The van der Waals surface area contributed by atoms with Crippen LogP contribution in [0.5, 0.6) is 11.5 Å². The van der Waals surface area contributed by atoms with Crippen LogP contribution in [0.15, 0.2) is 65.1 Å². The van der Waals surface area contributed by atoms with Crippen LogP contribution in [-0.4, -0.2) is 24.5 Å². The van der Waals surface area contributed by atoms with Crippen LogP contribution in [0.2, 0.25) is 0 Å². The third kappa shape index (κ3) is 3.67. The number of rotatable bonds is 5. The van der Waals surface area contributed by atoms with E-state index in [0.717, 1.165) is 6.42 Å². The zero-order valence-electron chi connectivity index (χ0n) is 15.2. The molecule has 1 aromatic heterocycles. The average molecular weight is 363 g/mol. The quantitative estimate of drug-likeness (QED) is 0.686. The molecule has 27 heavy (non-hydrogen) atoms. The zero-order chi connectivity index (χ0) is 18.6. The van der Waals surface area contributed by atoms with Crippen LogP contribution in [0.4, 0.5) is 0 Å². The Morgan fingerprint density at radius 3 is 2.56 bits per heavy atom. The van der Waals surface area contributed by atoms with E-state index in [1.165, 1.54) is 11.1 Å². The fraction of sp³-hybridized carbons (Fsp3) is 0.227. The molecule has 0 fully saturated rings. The molecule has 0 saturated heterocycles. The van der Waals surface area contributed by atoms with Gasteiger partial charge in [-0.3, -0.25) is 4.79 Å². The van der Waals surface area contributed by atoms with Crippen molar-refractivity contribution in [3.8, 4) is 11.5 Å². The van der Waals surface area contributed by atoms with Crippen LogP contribution in [0.3, 0.4) is 0 Å². The number of para-hydroxylation sites is 2. The fourth-order valence-electron chi connectivity index (χ4n) is 3.28. The molecule has 5 heteroatoms. The smallest absolute Gasteiger partial charge is 0.289 e. The molecule has 2 aromatic carbocycles. The highest BCUT2D eigenvalue weighted by atomic mass is 16.5. The molecule has 0 atom stereocenters. The summed E-state index contributed by atoms with van der Waals surface area (Å²) in [6.07, 6.45) is 0.867. The molecule has 0 N–H and O–H groups in total. The van der Waals surface area contributed by atoms with Crippen molar-refractivity contribution in [1.29, 1.82) is 0 Å². The molecule has 3 aromatic rings. The molecule has 0 radical (unpaired) electrons. The number of fused-ring (bicyclic) bond motifs is 1. The number of amides is 1. The van der Waals surface area contributed by atoms with Gasteiger partial charge >= 0.3 is 0 Å². The summed E-state index contributed by atoms with van der Waals surface area (Å²) in [6, 6.07) is 19.2.